The summed E-state index contributed by atoms with van der Waals surface area (Å²) >= 11 is 0. The Morgan fingerprint density at radius 3 is 2.17 bits per heavy atom. The van der Waals surface area contributed by atoms with Gasteiger partial charge in [-0.25, -0.2) is 4.79 Å². The highest BCUT2D eigenvalue weighted by Gasteiger charge is 2.16. The number of carbonyl (C=O) groups is 2. The minimum absolute atomic E-state index is 0.413. The zero-order valence-corrected chi connectivity index (χ0v) is 16.9. The number of para-hydroxylation sites is 1. The molecule has 3 rings (SSSR count). The quantitative estimate of drug-likeness (QED) is 0.427. The summed E-state index contributed by atoms with van der Waals surface area (Å²) in [5, 5.41) is 2.72. The second-order valence-electron chi connectivity index (χ2n) is 6.75. The first-order valence-corrected chi connectivity index (χ1v) is 9.59. The van der Waals surface area contributed by atoms with E-state index < -0.39 is 18.0 Å². The van der Waals surface area contributed by atoms with Crippen molar-refractivity contribution in [2.24, 2.45) is 0 Å². The van der Waals surface area contributed by atoms with Gasteiger partial charge in [-0.2, -0.15) is 0 Å². The number of nitrogens with one attached hydrogen (secondary N) is 1. The predicted octanol–water partition coefficient (Wildman–Crippen LogP) is 5.37. The van der Waals surface area contributed by atoms with Gasteiger partial charge in [-0.3, -0.25) is 4.79 Å². The molecule has 30 heavy (non-hydrogen) atoms. The third-order valence-corrected chi connectivity index (χ3v) is 4.25. The number of benzene rings is 3. The SMILES string of the molecule is Cc1ccc(C=CC(=O)OC(C)C(=O)Nc2ccc(Oc3ccccc3)cc2)cc1. The van der Waals surface area contributed by atoms with Crippen LogP contribution in [0.3, 0.4) is 0 Å². The third-order valence-electron chi connectivity index (χ3n) is 4.25. The van der Waals surface area contributed by atoms with Gasteiger partial charge in [-0.15, -0.1) is 0 Å². The van der Waals surface area contributed by atoms with Gasteiger partial charge in [0.2, 0.25) is 0 Å². The van der Waals surface area contributed by atoms with Crippen molar-refractivity contribution in [3.63, 3.8) is 0 Å². The first-order chi connectivity index (χ1) is 14.5. The summed E-state index contributed by atoms with van der Waals surface area (Å²) in [7, 11) is 0. The summed E-state index contributed by atoms with van der Waals surface area (Å²) in [6, 6.07) is 24.1. The van der Waals surface area contributed by atoms with Gasteiger partial charge in [0.15, 0.2) is 6.10 Å². The lowest BCUT2D eigenvalue weighted by atomic mass is 10.1. The number of rotatable bonds is 7. The van der Waals surface area contributed by atoms with Crippen LogP contribution in [0.15, 0.2) is 84.9 Å². The molecule has 0 saturated heterocycles. The minimum Gasteiger partial charge on any atom is -0.457 e. The van der Waals surface area contributed by atoms with Crippen LogP contribution < -0.4 is 10.1 Å². The smallest absolute Gasteiger partial charge is 0.331 e. The largest absolute Gasteiger partial charge is 0.457 e. The number of hydrogen-bond donors (Lipinski definition) is 1. The highest BCUT2D eigenvalue weighted by atomic mass is 16.5. The van der Waals surface area contributed by atoms with E-state index in [1.807, 2.05) is 61.5 Å². The van der Waals surface area contributed by atoms with E-state index in [9.17, 15) is 9.59 Å². The number of anilines is 1. The highest BCUT2D eigenvalue weighted by Crippen LogP contribution is 2.22. The van der Waals surface area contributed by atoms with Crippen LogP contribution in [0.25, 0.3) is 6.08 Å². The average Bonchev–Trinajstić information content (AvgIpc) is 2.75. The Labute approximate surface area is 176 Å². The lowest BCUT2D eigenvalue weighted by molar-refractivity contribution is -0.148. The van der Waals surface area contributed by atoms with Crippen LogP contribution in [0.5, 0.6) is 11.5 Å². The summed E-state index contributed by atoms with van der Waals surface area (Å²) in [6.45, 7) is 3.52. The van der Waals surface area contributed by atoms with Gasteiger partial charge in [0.05, 0.1) is 0 Å². The van der Waals surface area contributed by atoms with Gasteiger partial charge >= 0.3 is 5.97 Å². The minimum atomic E-state index is -0.930. The zero-order valence-electron chi connectivity index (χ0n) is 16.9. The van der Waals surface area contributed by atoms with Crippen molar-refractivity contribution in [2.75, 3.05) is 5.32 Å². The number of ether oxygens (including phenoxy) is 2. The van der Waals surface area contributed by atoms with E-state index in [1.165, 1.54) is 13.0 Å². The molecule has 0 bridgehead atoms. The molecule has 1 unspecified atom stereocenters. The van der Waals surface area contributed by atoms with Crippen molar-refractivity contribution in [1.82, 2.24) is 0 Å². The van der Waals surface area contributed by atoms with Gasteiger partial charge < -0.3 is 14.8 Å². The summed E-state index contributed by atoms with van der Waals surface area (Å²) in [6.07, 6.45) is 2.03. The van der Waals surface area contributed by atoms with E-state index in [0.717, 1.165) is 16.9 Å². The van der Waals surface area contributed by atoms with Crippen molar-refractivity contribution in [3.8, 4) is 11.5 Å². The summed E-state index contributed by atoms with van der Waals surface area (Å²) in [4.78, 5) is 24.3. The molecule has 3 aromatic carbocycles. The van der Waals surface area contributed by atoms with Gasteiger partial charge in [-0.1, -0.05) is 48.0 Å². The maximum Gasteiger partial charge on any atom is 0.331 e. The second kappa shape index (κ2) is 10.1. The monoisotopic (exact) mass is 401 g/mol. The molecule has 1 atom stereocenters. The molecule has 5 heteroatoms. The number of aryl methyl sites for hydroxylation is 1. The lowest BCUT2D eigenvalue weighted by Crippen LogP contribution is -2.29. The Morgan fingerprint density at radius 2 is 1.50 bits per heavy atom. The molecule has 0 heterocycles. The van der Waals surface area contributed by atoms with Crippen LogP contribution in [0.2, 0.25) is 0 Å². The van der Waals surface area contributed by atoms with E-state index in [2.05, 4.69) is 5.32 Å². The van der Waals surface area contributed by atoms with Gasteiger partial charge in [0, 0.05) is 11.8 Å². The number of amides is 1. The van der Waals surface area contributed by atoms with E-state index in [-0.39, 0.29) is 0 Å². The molecule has 0 aromatic heterocycles. The maximum absolute atomic E-state index is 12.3. The van der Waals surface area contributed by atoms with Crippen LogP contribution in [0.4, 0.5) is 5.69 Å². The molecule has 152 valence electrons. The molecule has 0 aliphatic heterocycles. The van der Waals surface area contributed by atoms with Crippen LogP contribution in [0, 0.1) is 6.92 Å². The summed E-state index contributed by atoms with van der Waals surface area (Å²) in [5.74, 6) is 0.391. The Bertz CT molecular complexity index is 1010. The van der Waals surface area contributed by atoms with Gasteiger partial charge in [0.1, 0.15) is 11.5 Å². The van der Waals surface area contributed by atoms with Gasteiger partial charge in [-0.05, 0) is 61.9 Å². The van der Waals surface area contributed by atoms with E-state index in [1.54, 1.807) is 30.3 Å². The molecule has 1 N–H and O–H groups in total. The average molecular weight is 401 g/mol. The Morgan fingerprint density at radius 1 is 0.867 bits per heavy atom. The molecule has 0 aliphatic rings. The number of esters is 1. The molecular formula is C25H23NO4. The van der Waals surface area contributed by atoms with Crippen molar-refractivity contribution in [2.45, 2.75) is 20.0 Å². The molecule has 1 amide bonds. The first-order valence-electron chi connectivity index (χ1n) is 9.59. The predicted molar refractivity (Wildman–Crippen MR) is 117 cm³/mol. The lowest BCUT2D eigenvalue weighted by Gasteiger charge is -2.13. The fraction of sp³-hybridized carbons (Fsp3) is 0.120. The molecule has 0 radical (unpaired) electrons. The molecular weight excluding hydrogens is 378 g/mol. The Hall–Kier alpha value is -3.86. The second-order valence-corrected chi connectivity index (χ2v) is 6.75. The molecule has 0 aliphatic carbocycles. The van der Waals surface area contributed by atoms with Crippen LogP contribution in [-0.4, -0.2) is 18.0 Å². The van der Waals surface area contributed by atoms with E-state index >= 15 is 0 Å². The molecule has 0 spiro atoms. The van der Waals surface area contributed by atoms with Crippen LogP contribution in [0.1, 0.15) is 18.1 Å². The first kappa shape index (κ1) is 20.9. The van der Waals surface area contributed by atoms with Crippen molar-refractivity contribution >= 4 is 23.6 Å². The number of hydrogen-bond acceptors (Lipinski definition) is 4. The van der Waals surface area contributed by atoms with Crippen molar-refractivity contribution in [3.05, 3.63) is 96.1 Å². The van der Waals surface area contributed by atoms with Crippen LogP contribution >= 0.6 is 0 Å². The van der Waals surface area contributed by atoms with Crippen LogP contribution in [-0.2, 0) is 14.3 Å². The molecule has 5 nitrogen and oxygen atoms in total. The highest BCUT2D eigenvalue weighted by molar-refractivity contribution is 5.96. The van der Waals surface area contributed by atoms with Crippen molar-refractivity contribution in [1.29, 1.82) is 0 Å². The maximum atomic E-state index is 12.3. The molecule has 0 saturated carbocycles. The van der Waals surface area contributed by atoms with E-state index in [4.69, 9.17) is 9.47 Å². The number of carbonyl (C=O) groups excluding carboxylic acids is 2. The normalized spacial score (nSPS) is 11.7. The third kappa shape index (κ3) is 6.34. The standard InChI is InChI=1S/C25H23NO4/c1-18-8-10-20(11-9-18)12-17-24(27)29-19(2)25(28)26-21-13-15-23(16-14-21)30-22-6-4-3-5-7-22/h3-17,19H,1-2H3,(H,26,28). The summed E-state index contributed by atoms with van der Waals surface area (Å²) < 4.78 is 10.9. The topological polar surface area (TPSA) is 64.6 Å². The van der Waals surface area contributed by atoms with Gasteiger partial charge in [0.25, 0.3) is 5.91 Å². The Kier molecular flexibility index (Phi) is 7.00. The fourth-order valence-corrected chi connectivity index (χ4v) is 2.58. The zero-order chi connectivity index (χ0) is 21.3. The molecule has 3 aromatic rings. The fourth-order valence-electron chi connectivity index (χ4n) is 2.58. The summed E-state index contributed by atoms with van der Waals surface area (Å²) in [5.41, 5.74) is 2.60. The van der Waals surface area contributed by atoms with Crippen molar-refractivity contribution < 1.29 is 19.1 Å². The Balaban J connectivity index is 1.49. The molecule has 0 fully saturated rings. The van der Waals surface area contributed by atoms with E-state index in [0.29, 0.717) is 11.4 Å².